The Labute approximate surface area is 110 Å². The minimum Gasteiger partial charge on any atom is -0.382 e. The number of nitro benzene ring substituents is 1. The lowest BCUT2D eigenvalue weighted by molar-refractivity contribution is -0.384. The molecule has 7 nitrogen and oxygen atoms in total. The van der Waals surface area contributed by atoms with E-state index in [0.717, 1.165) is 0 Å². The van der Waals surface area contributed by atoms with Crippen molar-refractivity contribution in [2.45, 2.75) is 0 Å². The van der Waals surface area contributed by atoms with Gasteiger partial charge >= 0.3 is 0 Å². The summed E-state index contributed by atoms with van der Waals surface area (Å²) in [6.45, 7) is 2.00. The van der Waals surface area contributed by atoms with Crippen molar-refractivity contribution < 1.29 is 14.5 Å². The molecule has 0 saturated carbocycles. The van der Waals surface area contributed by atoms with Crippen LogP contribution in [0.1, 0.15) is 10.4 Å². The van der Waals surface area contributed by atoms with Gasteiger partial charge in [0.05, 0.1) is 23.7 Å². The Morgan fingerprint density at radius 1 is 1.42 bits per heavy atom. The van der Waals surface area contributed by atoms with Crippen LogP contribution >= 0.6 is 0 Å². The SMILES string of the molecule is CNc1c(C(=O)N2CCOCC2)cccc1[N+](=O)[O-]. The Balaban J connectivity index is 2.35. The number of morpholine rings is 1. The third kappa shape index (κ3) is 2.65. The van der Waals surface area contributed by atoms with Crippen molar-refractivity contribution in [3.63, 3.8) is 0 Å². The summed E-state index contributed by atoms with van der Waals surface area (Å²) in [4.78, 5) is 24.5. The van der Waals surface area contributed by atoms with Gasteiger partial charge in [-0.1, -0.05) is 6.07 Å². The number of benzene rings is 1. The lowest BCUT2D eigenvalue weighted by atomic mass is 10.1. The first-order chi connectivity index (χ1) is 9.15. The summed E-state index contributed by atoms with van der Waals surface area (Å²) >= 11 is 0. The number of carbonyl (C=O) groups is 1. The molecule has 1 saturated heterocycles. The van der Waals surface area contributed by atoms with Gasteiger partial charge < -0.3 is 15.0 Å². The van der Waals surface area contributed by atoms with E-state index < -0.39 is 4.92 Å². The van der Waals surface area contributed by atoms with Crippen LogP contribution in [-0.4, -0.2) is 49.1 Å². The van der Waals surface area contributed by atoms with E-state index >= 15 is 0 Å². The minimum absolute atomic E-state index is 0.0957. The molecule has 0 unspecified atom stereocenters. The molecule has 1 aromatic carbocycles. The average molecular weight is 265 g/mol. The number of anilines is 1. The molecule has 19 heavy (non-hydrogen) atoms. The molecule has 102 valence electrons. The molecular formula is C12H15N3O4. The van der Waals surface area contributed by atoms with Crippen LogP contribution in [0.25, 0.3) is 0 Å². The Kier molecular flexibility index (Phi) is 3.96. The third-order valence-electron chi connectivity index (χ3n) is 3.02. The molecule has 0 radical (unpaired) electrons. The van der Waals surface area contributed by atoms with E-state index in [4.69, 9.17) is 4.74 Å². The maximum atomic E-state index is 12.4. The molecule has 0 atom stereocenters. The van der Waals surface area contributed by atoms with Crippen molar-refractivity contribution in [1.29, 1.82) is 0 Å². The fourth-order valence-corrected chi connectivity index (χ4v) is 2.07. The summed E-state index contributed by atoms with van der Waals surface area (Å²) in [6.07, 6.45) is 0. The van der Waals surface area contributed by atoms with E-state index in [2.05, 4.69) is 5.32 Å². The highest BCUT2D eigenvalue weighted by atomic mass is 16.6. The standard InChI is InChI=1S/C12H15N3O4/c1-13-11-9(3-2-4-10(11)15(17)18)12(16)14-5-7-19-8-6-14/h2-4,13H,5-8H2,1H3. The van der Waals surface area contributed by atoms with Gasteiger partial charge in [-0.15, -0.1) is 0 Å². The van der Waals surface area contributed by atoms with Gasteiger partial charge in [0.25, 0.3) is 11.6 Å². The van der Waals surface area contributed by atoms with Crippen LogP contribution in [0.2, 0.25) is 0 Å². The Morgan fingerprint density at radius 3 is 2.68 bits per heavy atom. The summed E-state index contributed by atoms with van der Waals surface area (Å²) < 4.78 is 5.19. The summed E-state index contributed by atoms with van der Waals surface area (Å²) in [6, 6.07) is 4.49. The molecule has 1 aromatic rings. The predicted octanol–water partition coefficient (Wildman–Crippen LogP) is 1.11. The summed E-state index contributed by atoms with van der Waals surface area (Å²) in [5.41, 5.74) is 0.476. The van der Waals surface area contributed by atoms with Gasteiger partial charge in [0.2, 0.25) is 0 Å². The number of nitro groups is 1. The van der Waals surface area contributed by atoms with Crippen molar-refractivity contribution in [3.8, 4) is 0 Å². The molecule has 1 heterocycles. The van der Waals surface area contributed by atoms with E-state index in [0.29, 0.717) is 31.9 Å². The van der Waals surface area contributed by atoms with Gasteiger partial charge in [-0.3, -0.25) is 14.9 Å². The van der Waals surface area contributed by atoms with Crippen LogP contribution in [0.4, 0.5) is 11.4 Å². The predicted molar refractivity (Wildman–Crippen MR) is 69.4 cm³/mol. The largest absolute Gasteiger partial charge is 0.382 e. The van der Waals surface area contributed by atoms with E-state index in [-0.39, 0.29) is 17.3 Å². The smallest absolute Gasteiger partial charge is 0.293 e. The molecule has 0 aliphatic carbocycles. The summed E-state index contributed by atoms with van der Waals surface area (Å²) in [7, 11) is 1.57. The van der Waals surface area contributed by atoms with Gasteiger partial charge in [0.1, 0.15) is 5.69 Å². The number of hydrogen-bond donors (Lipinski definition) is 1. The van der Waals surface area contributed by atoms with E-state index in [1.54, 1.807) is 18.0 Å². The molecule has 2 rings (SSSR count). The number of nitrogens with one attached hydrogen (secondary N) is 1. The minimum atomic E-state index is -0.498. The van der Waals surface area contributed by atoms with Crippen LogP contribution in [0, 0.1) is 10.1 Å². The average Bonchev–Trinajstić information content (AvgIpc) is 2.46. The van der Waals surface area contributed by atoms with Gasteiger partial charge in [0, 0.05) is 26.2 Å². The molecule has 1 N–H and O–H groups in total. The normalized spacial score (nSPS) is 15.1. The van der Waals surface area contributed by atoms with Gasteiger partial charge in [-0.25, -0.2) is 0 Å². The van der Waals surface area contributed by atoms with Crippen molar-refractivity contribution in [2.24, 2.45) is 0 Å². The second-order valence-corrected chi connectivity index (χ2v) is 4.11. The Bertz CT molecular complexity index is 498. The lowest BCUT2D eigenvalue weighted by Gasteiger charge is -2.27. The van der Waals surface area contributed by atoms with Crippen LogP contribution in [0.15, 0.2) is 18.2 Å². The van der Waals surface area contributed by atoms with Crippen molar-refractivity contribution >= 4 is 17.3 Å². The molecule has 1 aliphatic heterocycles. The third-order valence-corrected chi connectivity index (χ3v) is 3.02. The zero-order valence-electron chi connectivity index (χ0n) is 10.6. The monoisotopic (exact) mass is 265 g/mol. The van der Waals surface area contributed by atoms with Crippen LogP contribution in [0.5, 0.6) is 0 Å². The highest BCUT2D eigenvalue weighted by Crippen LogP contribution is 2.28. The van der Waals surface area contributed by atoms with E-state index in [1.807, 2.05) is 0 Å². The van der Waals surface area contributed by atoms with Gasteiger partial charge in [-0.05, 0) is 6.07 Å². The summed E-state index contributed by atoms with van der Waals surface area (Å²) in [5.74, 6) is -0.212. The van der Waals surface area contributed by atoms with E-state index in [9.17, 15) is 14.9 Å². The first kappa shape index (κ1) is 13.3. The maximum absolute atomic E-state index is 12.4. The number of carbonyl (C=O) groups excluding carboxylic acids is 1. The molecule has 0 aromatic heterocycles. The number of hydrogen-bond acceptors (Lipinski definition) is 5. The molecular weight excluding hydrogens is 250 g/mol. The molecule has 0 spiro atoms. The highest BCUT2D eigenvalue weighted by molar-refractivity contribution is 6.01. The number of rotatable bonds is 3. The van der Waals surface area contributed by atoms with Crippen molar-refractivity contribution in [2.75, 3.05) is 38.7 Å². The van der Waals surface area contributed by atoms with Crippen molar-refractivity contribution in [3.05, 3.63) is 33.9 Å². The number of para-hydroxylation sites is 1. The van der Waals surface area contributed by atoms with Crippen LogP contribution < -0.4 is 5.32 Å². The topological polar surface area (TPSA) is 84.7 Å². The molecule has 0 bridgehead atoms. The fourth-order valence-electron chi connectivity index (χ4n) is 2.07. The van der Waals surface area contributed by atoms with E-state index in [1.165, 1.54) is 12.1 Å². The quantitative estimate of drug-likeness (QED) is 0.653. The van der Waals surface area contributed by atoms with Crippen LogP contribution in [-0.2, 0) is 4.74 Å². The second-order valence-electron chi connectivity index (χ2n) is 4.11. The van der Waals surface area contributed by atoms with Gasteiger partial charge in [-0.2, -0.15) is 0 Å². The highest BCUT2D eigenvalue weighted by Gasteiger charge is 2.25. The number of amides is 1. The summed E-state index contributed by atoms with van der Waals surface area (Å²) in [5, 5.41) is 13.7. The number of ether oxygens (including phenoxy) is 1. The molecule has 1 aliphatic rings. The Hall–Kier alpha value is -2.15. The zero-order chi connectivity index (χ0) is 13.8. The molecule has 1 fully saturated rings. The van der Waals surface area contributed by atoms with Crippen LogP contribution in [0.3, 0.4) is 0 Å². The maximum Gasteiger partial charge on any atom is 0.293 e. The number of nitrogens with zero attached hydrogens (tertiary/aromatic N) is 2. The first-order valence-corrected chi connectivity index (χ1v) is 5.97. The lowest BCUT2D eigenvalue weighted by Crippen LogP contribution is -2.40. The first-order valence-electron chi connectivity index (χ1n) is 5.97. The zero-order valence-corrected chi connectivity index (χ0v) is 10.6. The fraction of sp³-hybridized carbons (Fsp3) is 0.417. The molecule has 7 heteroatoms. The Morgan fingerprint density at radius 2 is 2.11 bits per heavy atom. The van der Waals surface area contributed by atoms with Crippen molar-refractivity contribution in [1.82, 2.24) is 4.90 Å². The molecule has 1 amide bonds. The van der Waals surface area contributed by atoms with Gasteiger partial charge in [0.15, 0.2) is 0 Å². The second kappa shape index (κ2) is 5.66.